The zero-order valence-electron chi connectivity index (χ0n) is 12.6. The van der Waals surface area contributed by atoms with E-state index in [1.807, 2.05) is 25.1 Å². The van der Waals surface area contributed by atoms with Crippen LogP contribution in [0.3, 0.4) is 0 Å². The summed E-state index contributed by atoms with van der Waals surface area (Å²) >= 11 is 0.0199. The molecule has 0 aliphatic heterocycles. The Balaban J connectivity index is 2.36. The molecule has 2 rings (SSSR count). The van der Waals surface area contributed by atoms with Gasteiger partial charge < -0.3 is 0 Å². The molecule has 2 aromatic carbocycles. The average molecular weight is 347 g/mol. The Morgan fingerprint density at radius 3 is 2.52 bits per heavy atom. The molecule has 0 radical (unpaired) electrons. The third-order valence-electron chi connectivity index (χ3n) is 3.22. The number of carbonyl (C=O) groups excluding carboxylic acids is 1. The van der Waals surface area contributed by atoms with Crippen molar-refractivity contribution < 1.29 is 9.53 Å². The van der Waals surface area contributed by atoms with Gasteiger partial charge >= 0.3 is 132 Å². The van der Waals surface area contributed by atoms with Crippen molar-refractivity contribution in [2.45, 2.75) is 25.6 Å². The van der Waals surface area contributed by atoms with Crippen LogP contribution in [-0.2, 0) is 9.53 Å². The molecule has 0 heterocycles. The first-order chi connectivity index (χ1) is 10.1. The zero-order chi connectivity index (χ0) is 15.2. The molecular weight excluding hydrogens is 327 g/mol. The monoisotopic (exact) mass is 348 g/mol. The molecule has 0 fully saturated rings. The van der Waals surface area contributed by atoms with Gasteiger partial charge in [0.2, 0.25) is 0 Å². The molecule has 110 valence electrons. The first kappa shape index (κ1) is 15.8. The molecule has 0 aliphatic carbocycles. The van der Waals surface area contributed by atoms with E-state index in [2.05, 4.69) is 44.2 Å². The quantitative estimate of drug-likeness (QED) is 0.614. The molecule has 0 aromatic heterocycles. The molecule has 0 aliphatic rings. The van der Waals surface area contributed by atoms with Crippen molar-refractivity contribution >= 4 is 25.4 Å². The fraction of sp³-hybridized carbons (Fsp3) is 0.278. The van der Waals surface area contributed by atoms with Gasteiger partial charge in [-0.25, -0.2) is 0 Å². The second-order valence-electron chi connectivity index (χ2n) is 4.92. The van der Waals surface area contributed by atoms with E-state index in [1.54, 1.807) is 0 Å². The molecule has 1 atom stereocenters. The van der Waals surface area contributed by atoms with Gasteiger partial charge in [-0.1, -0.05) is 0 Å². The van der Waals surface area contributed by atoms with E-state index < -0.39 is 0 Å². The number of esters is 1. The van der Waals surface area contributed by atoms with Crippen LogP contribution in [0.15, 0.2) is 48.5 Å². The van der Waals surface area contributed by atoms with Gasteiger partial charge in [0.1, 0.15) is 0 Å². The van der Waals surface area contributed by atoms with Crippen molar-refractivity contribution in [3.05, 3.63) is 65.2 Å². The summed E-state index contributed by atoms with van der Waals surface area (Å²) in [6, 6.07) is 16.5. The Kier molecular flexibility index (Phi) is 5.60. The van der Waals surface area contributed by atoms with Gasteiger partial charge in [-0.15, -0.1) is 0 Å². The second-order valence-corrected chi connectivity index (χ2v) is 7.40. The fourth-order valence-electron chi connectivity index (χ4n) is 2.13. The van der Waals surface area contributed by atoms with E-state index in [-0.39, 0.29) is 25.7 Å². The van der Waals surface area contributed by atoms with E-state index in [0.29, 0.717) is 6.61 Å². The Labute approximate surface area is 132 Å². The summed E-state index contributed by atoms with van der Waals surface area (Å²) in [7, 11) is 0. The molecule has 1 unspecified atom stereocenters. The first-order valence-electron chi connectivity index (χ1n) is 7.07. The van der Waals surface area contributed by atoms with Gasteiger partial charge in [-0.3, -0.25) is 0 Å². The van der Waals surface area contributed by atoms with Gasteiger partial charge in [-0.05, 0) is 0 Å². The van der Waals surface area contributed by atoms with Crippen molar-refractivity contribution in [3.8, 4) is 0 Å². The van der Waals surface area contributed by atoms with Crippen LogP contribution in [0, 0.1) is 13.8 Å². The van der Waals surface area contributed by atoms with Crippen molar-refractivity contribution in [1.29, 1.82) is 0 Å². The van der Waals surface area contributed by atoms with Crippen LogP contribution in [0.4, 0.5) is 0 Å². The molecule has 0 amide bonds. The first-order valence-corrected chi connectivity index (χ1v) is 8.92. The summed E-state index contributed by atoms with van der Waals surface area (Å²) in [5.41, 5.74) is 3.42. The summed E-state index contributed by atoms with van der Waals surface area (Å²) in [4.78, 5) is 12.2. The fourth-order valence-corrected chi connectivity index (χ4v) is 4.51. The van der Waals surface area contributed by atoms with Crippen LogP contribution in [-0.4, -0.2) is 27.5 Å². The molecule has 21 heavy (non-hydrogen) atoms. The summed E-state index contributed by atoms with van der Waals surface area (Å²) in [6.07, 6.45) is 0. The predicted molar refractivity (Wildman–Crippen MR) is 87.1 cm³/mol. The van der Waals surface area contributed by atoms with Crippen LogP contribution in [0.25, 0.3) is 0 Å². The van der Waals surface area contributed by atoms with Crippen LogP contribution in [0.5, 0.6) is 0 Å². The number of ether oxygens (including phenoxy) is 1. The molecule has 0 bridgehead atoms. The molecule has 2 nitrogen and oxygen atoms in total. The molecule has 2 aromatic rings. The molecule has 0 saturated carbocycles. The second kappa shape index (κ2) is 7.44. The number of benzene rings is 2. The van der Waals surface area contributed by atoms with E-state index >= 15 is 0 Å². The topological polar surface area (TPSA) is 26.3 Å². The van der Waals surface area contributed by atoms with Crippen LogP contribution >= 0.6 is 0 Å². The standard InChI is InChI=1S/C18H20O2Se/c1-4-20-18(19)17(21-15-8-6-5-7-9-15)16-12-13(2)10-11-14(16)3/h5-12,17H,4H2,1-3H3. The van der Waals surface area contributed by atoms with Crippen molar-refractivity contribution in [2.75, 3.05) is 6.61 Å². The Morgan fingerprint density at radius 2 is 1.86 bits per heavy atom. The van der Waals surface area contributed by atoms with Crippen LogP contribution in [0.2, 0.25) is 0 Å². The summed E-state index contributed by atoms with van der Waals surface area (Å²) in [6.45, 7) is 6.39. The Hall–Kier alpha value is -1.57. The van der Waals surface area contributed by atoms with Gasteiger partial charge in [0.05, 0.1) is 0 Å². The average Bonchev–Trinajstić information content (AvgIpc) is 2.49. The zero-order valence-corrected chi connectivity index (χ0v) is 14.3. The number of aryl methyl sites for hydroxylation is 2. The van der Waals surface area contributed by atoms with Crippen LogP contribution in [0.1, 0.15) is 28.4 Å². The molecule has 0 saturated heterocycles. The van der Waals surface area contributed by atoms with Crippen molar-refractivity contribution in [2.24, 2.45) is 0 Å². The molecular formula is C18H20O2Se. The third-order valence-corrected chi connectivity index (χ3v) is 5.79. The van der Waals surface area contributed by atoms with E-state index in [1.165, 1.54) is 10.0 Å². The summed E-state index contributed by atoms with van der Waals surface area (Å²) in [5, 5.41) is 0. The maximum absolute atomic E-state index is 12.4. The SMILES string of the molecule is CCOC(=O)C([Se]c1ccccc1)c1cc(C)ccc1C. The van der Waals surface area contributed by atoms with Gasteiger partial charge in [0.25, 0.3) is 0 Å². The summed E-state index contributed by atoms with van der Waals surface area (Å²) in [5.74, 6) is -0.116. The summed E-state index contributed by atoms with van der Waals surface area (Å²) < 4.78 is 6.51. The predicted octanol–water partition coefficient (Wildman–Crippen LogP) is 2.94. The number of hydrogen-bond donors (Lipinski definition) is 0. The van der Waals surface area contributed by atoms with Crippen molar-refractivity contribution in [1.82, 2.24) is 0 Å². The van der Waals surface area contributed by atoms with Gasteiger partial charge in [0, 0.05) is 0 Å². The van der Waals surface area contributed by atoms with Crippen LogP contribution < -0.4 is 4.46 Å². The van der Waals surface area contributed by atoms with Gasteiger partial charge in [-0.2, -0.15) is 0 Å². The normalized spacial score (nSPS) is 12.0. The number of rotatable bonds is 5. The van der Waals surface area contributed by atoms with Crippen molar-refractivity contribution in [3.63, 3.8) is 0 Å². The van der Waals surface area contributed by atoms with E-state index in [4.69, 9.17) is 4.74 Å². The Morgan fingerprint density at radius 1 is 1.14 bits per heavy atom. The number of carbonyl (C=O) groups is 1. The minimum absolute atomic E-state index is 0.0199. The maximum atomic E-state index is 12.4. The minimum atomic E-state index is -0.181. The molecule has 0 N–H and O–H groups in total. The third kappa shape index (κ3) is 4.20. The van der Waals surface area contributed by atoms with Gasteiger partial charge in [0.15, 0.2) is 0 Å². The van der Waals surface area contributed by atoms with E-state index in [9.17, 15) is 4.79 Å². The molecule has 0 spiro atoms. The van der Waals surface area contributed by atoms with E-state index in [0.717, 1.165) is 11.1 Å². The molecule has 3 heteroatoms. The Bertz CT molecular complexity index is 608. The number of hydrogen-bond acceptors (Lipinski definition) is 2.